The topological polar surface area (TPSA) is 120 Å². The third-order valence-electron chi connectivity index (χ3n) is 6.03. The molecule has 8 nitrogen and oxygen atoms in total. The first kappa shape index (κ1) is 27.9. The van der Waals surface area contributed by atoms with Gasteiger partial charge in [-0.25, -0.2) is 9.59 Å². The number of hydrogen-bond acceptors (Lipinski definition) is 6. The SMILES string of the molecule is CCCC(NC(=O)OC(C)(C)C)C(N)CO[C@H]1CC[C@@H](c2ccccc2OC(C)C(=O)O)CC1. The zero-order valence-corrected chi connectivity index (χ0v) is 21.2. The number of amides is 1. The van der Waals surface area contributed by atoms with Crippen LogP contribution in [0.1, 0.15) is 84.6 Å². The molecule has 1 fully saturated rings. The highest BCUT2D eigenvalue weighted by molar-refractivity contribution is 5.72. The van der Waals surface area contributed by atoms with Gasteiger partial charge >= 0.3 is 12.1 Å². The first-order chi connectivity index (χ1) is 16.0. The molecule has 3 unspecified atom stereocenters. The Kier molecular flexibility index (Phi) is 10.6. The van der Waals surface area contributed by atoms with Crippen LogP contribution >= 0.6 is 0 Å². The molecule has 0 bridgehead atoms. The fraction of sp³-hybridized carbons (Fsp3) is 0.692. The maximum atomic E-state index is 12.2. The van der Waals surface area contributed by atoms with Gasteiger partial charge in [0.05, 0.1) is 12.7 Å². The summed E-state index contributed by atoms with van der Waals surface area (Å²) in [7, 11) is 0. The number of nitrogens with one attached hydrogen (secondary N) is 1. The summed E-state index contributed by atoms with van der Waals surface area (Å²) >= 11 is 0. The highest BCUT2D eigenvalue weighted by Crippen LogP contribution is 2.38. The lowest BCUT2D eigenvalue weighted by atomic mass is 9.82. The van der Waals surface area contributed by atoms with E-state index in [-0.39, 0.29) is 18.2 Å². The first-order valence-corrected chi connectivity index (χ1v) is 12.3. The summed E-state index contributed by atoms with van der Waals surface area (Å²) in [4.78, 5) is 23.4. The summed E-state index contributed by atoms with van der Waals surface area (Å²) in [6.07, 6.45) is 4.02. The molecule has 4 N–H and O–H groups in total. The second-order valence-corrected chi connectivity index (χ2v) is 10.1. The van der Waals surface area contributed by atoms with E-state index in [9.17, 15) is 14.7 Å². The van der Waals surface area contributed by atoms with E-state index >= 15 is 0 Å². The Hall–Kier alpha value is -2.32. The molecule has 1 aliphatic rings. The summed E-state index contributed by atoms with van der Waals surface area (Å²) in [5.74, 6) is -0.0439. The molecule has 1 aromatic carbocycles. The number of carboxylic acid groups (broad SMARTS) is 1. The molecule has 1 saturated carbocycles. The number of ether oxygens (including phenoxy) is 3. The third kappa shape index (κ3) is 9.14. The van der Waals surface area contributed by atoms with Gasteiger partial charge in [0.15, 0.2) is 6.10 Å². The van der Waals surface area contributed by atoms with Crippen molar-refractivity contribution in [2.75, 3.05) is 6.61 Å². The van der Waals surface area contributed by atoms with Gasteiger partial charge in [-0.15, -0.1) is 0 Å². The van der Waals surface area contributed by atoms with E-state index in [2.05, 4.69) is 12.2 Å². The van der Waals surface area contributed by atoms with E-state index in [1.807, 2.05) is 45.0 Å². The van der Waals surface area contributed by atoms with Crippen molar-refractivity contribution in [3.8, 4) is 5.75 Å². The van der Waals surface area contributed by atoms with Crippen molar-refractivity contribution in [1.82, 2.24) is 5.32 Å². The minimum atomic E-state index is -0.981. The fourth-order valence-corrected chi connectivity index (χ4v) is 4.23. The van der Waals surface area contributed by atoms with E-state index in [4.69, 9.17) is 19.9 Å². The van der Waals surface area contributed by atoms with E-state index in [0.717, 1.165) is 44.1 Å². The molecular weight excluding hydrogens is 436 g/mol. The number of aliphatic carboxylic acids is 1. The number of carboxylic acids is 1. The van der Waals surface area contributed by atoms with E-state index in [1.165, 1.54) is 6.92 Å². The van der Waals surface area contributed by atoms with Crippen LogP contribution in [0.2, 0.25) is 0 Å². The normalized spacial score (nSPS) is 21.2. The van der Waals surface area contributed by atoms with Crippen LogP contribution in [0.5, 0.6) is 5.75 Å². The minimum absolute atomic E-state index is 0.108. The molecule has 1 aliphatic carbocycles. The van der Waals surface area contributed by atoms with Crippen molar-refractivity contribution >= 4 is 12.1 Å². The Bertz CT molecular complexity index is 786. The Balaban J connectivity index is 1.86. The molecule has 2 rings (SSSR count). The van der Waals surface area contributed by atoms with Gasteiger partial charge in [-0.3, -0.25) is 0 Å². The number of alkyl carbamates (subject to hydrolysis) is 1. The van der Waals surface area contributed by atoms with Crippen LogP contribution in [-0.2, 0) is 14.3 Å². The van der Waals surface area contributed by atoms with Gasteiger partial charge < -0.3 is 30.4 Å². The maximum Gasteiger partial charge on any atom is 0.407 e. The van der Waals surface area contributed by atoms with Crippen molar-refractivity contribution in [3.63, 3.8) is 0 Å². The fourth-order valence-electron chi connectivity index (χ4n) is 4.23. The predicted molar refractivity (Wildman–Crippen MR) is 131 cm³/mol. The maximum absolute atomic E-state index is 12.2. The lowest BCUT2D eigenvalue weighted by Crippen LogP contribution is -2.51. The van der Waals surface area contributed by atoms with Crippen LogP contribution in [0.4, 0.5) is 4.79 Å². The number of para-hydroxylation sites is 1. The molecule has 8 heteroatoms. The van der Waals surface area contributed by atoms with Crippen molar-refractivity contribution in [3.05, 3.63) is 29.8 Å². The van der Waals surface area contributed by atoms with Gasteiger partial charge in [-0.2, -0.15) is 0 Å². The molecule has 0 heterocycles. The molecule has 34 heavy (non-hydrogen) atoms. The molecule has 0 aliphatic heterocycles. The molecule has 0 radical (unpaired) electrons. The van der Waals surface area contributed by atoms with Gasteiger partial charge in [0.1, 0.15) is 11.4 Å². The third-order valence-corrected chi connectivity index (χ3v) is 6.03. The Morgan fingerprint density at radius 3 is 2.41 bits per heavy atom. The minimum Gasteiger partial charge on any atom is -0.479 e. The number of rotatable bonds is 11. The van der Waals surface area contributed by atoms with Crippen LogP contribution in [0.15, 0.2) is 24.3 Å². The van der Waals surface area contributed by atoms with Gasteiger partial charge in [-0.05, 0) is 77.3 Å². The quantitative estimate of drug-likeness (QED) is 0.425. The molecule has 0 aromatic heterocycles. The van der Waals surface area contributed by atoms with Gasteiger partial charge in [0.2, 0.25) is 0 Å². The van der Waals surface area contributed by atoms with Crippen molar-refractivity contribution in [1.29, 1.82) is 0 Å². The van der Waals surface area contributed by atoms with Crippen LogP contribution in [0.3, 0.4) is 0 Å². The summed E-state index contributed by atoms with van der Waals surface area (Å²) in [5.41, 5.74) is 6.87. The van der Waals surface area contributed by atoms with Crippen LogP contribution in [-0.4, -0.2) is 53.7 Å². The average Bonchev–Trinajstić information content (AvgIpc) is 2.76. The van der Waals surface area contributed by atoms with Gasteiger partial charge in [0, 0.05) is 12.1 Å². The molecule has 192 valence electrons. The van der Waals surface area contributed by atoms with Crippen LogP contribution in [0, 0.1) is 0 Å². The largest absolute Gasteiger partial charge is 0.479 e. The molecule has 3 atom stereocenters. The number of nitrogens with two attached hydrogens (primary N) is 1. The molecular formula is C26H42N2O6. The second-order valence-electron chi connectivity index (χ2n) is 10.1. The summed E-state index contributed by atoms with van der Waals surface area (Å²) in [5, 5.41) is 12.1. The van der Waals surface area contributed by atoms with E-state index < -0.39 is 23.8 Å². The molecule has 0 saturated heterocycles. The highest BCUT2D eigenvalue weighted by atomic mass is 16.6. The summed E-state index contributed by atoms with van der Waals surface area (Å²) in [6.45, 7) is 9.45. The number of hydrogen-bond donors (Lipinski definition) is 3. The summed E-state index contributed by atoms with van der Waals surface area (Å²) in [6, 6.07) is 7.14. The first-order valence-electron chi connectivity index (χ1n) is 12.3. The van der Waals surface area contributed by atoms with Crippen LogP contribution < -0.4 is 15.8 Å². The number of benzene rings is 1. The highest BCUT2D eigenvalue weighted by Gasteiger charge is 2.28. The Morgan fingerprint density at radius 2 is 1.82 bits per heavy atom. The van der Waals surface area contributed by atoms with Crippen LogP contribution in [0.25, 0.3) is 0 Å². The van der Waals surface area contributed by atoms with Crippen molar-refractivity contribution < 1.29 is 28.9 Å². The molecule has 0 spiro atoms. The standard InChI is InChI=1S/C26H42N2O6/c1-6-9-22(28-25(31)34-26(3,4)5)21(27)16-32-19-14-12-18(13-15-19)20-10-7-8-11-23(20)33-17(2)24(29)30/h7-8,10-11,17-19,21-22H,6,9,12-16,27H2,1-5H3,(H,28,31)(H,29,30)/t17?,18-,19+,21?,22?. The number of carbonyl (C=O) groups excluding carboxylic acids is 1. The monoisotopic (exact) mass is 478 g/mol. The lowest BCUT2D eigenvalue weighted by molar-refractivity contribution is -0.144. The van der Waals surface area contributed by atoms with Gasteiger partial charge in [0.25, 0.3) is 0 Å². The van der Waals surface area contributed by atoms with Crippen molar-refractivity contribution in [2.24, 2.45) is 5.73 Å². The lowest BCUT2D eigenvalue weighted by Gasteiger charge is -2.32. The number of carbonyl (C=O) groups is 2. The zero-order valence-electron chi connectivity index (χ0n) is 21.2. The zero-order chi connectivity index (χ0) is 25.3. The predicted octanol–water partition coefficient (Wildman–Crippen LogP) is 4.60. The average molecular weight is 479 g/mol. The molecule has 1 amide bonds. The van der Waals surface area contributed by atoms with E-state index in [1.54, 1.807) is 0 Å². The molecule has 1 aromatic rings. The van der Waals surface area contributed by atoms with E-state index in [0.29, 0.717) is 18.3 Å². The van der Waals surface area contributed by atoms with Gasteiger partial charge in [-0.1, -0.05) is 31.5 Å². The summed E-state index contributed by atoms with van der Waals surface area (Å²) < 4.78 is 17.2. The van der Waals surface area contributed by atoms with Crippen molar-refractivity contribution in [2.45, 2.75) is 109 Å². The second kappa shape index (κ2) is 13.0. The Labute approximate surface area is 203 Å². The smallest absolute Gasteiger partial charge is 0.407 e. The Morgan fingerprint density at radius 1 is 1.18 bits per heavy atom.